The first-order valence-electron chi connectivity index (χ1n) is 8.92. The molecule has 10 heteroatoms. The zero-order chi connectivity index (χ0) is 21.1. The molecule has 154 valence electrons. The van der Waals surface area contributed by atoms with Crippen molar-refractivity contribution in [2.45, 2.75) is 6.54 Å². The molecule has 30 heavy (non-hydrogen) atoms. The molecule has 0 aliphatic carbocycles. The van der Waals surface area contributed by atoms with Crippen LogP contribution in [0.25, 0.3) is 11.5 Å². The minimum absolute atomic E-state index is 0.0693. The number of rotatable bonds is 6. The molecule has 0 radical (unpaired) electrons. The van der Waals surface area contributed by atoms with Crippen LogP contribution in [0.2, 0.25) is 0 Å². The molecule has 2 aromatic carbocycles. The maximum atomic E-state index is 13.0. The van der Waals surface area contributed by atoms with E-state index in [1.807, 2.05) is 0 Å². The van der Waals surface area contributed by atoms with Gasteiger partial charge in [0.2, 0.25) is 5.89 Å². The molecule has 9 nitrogen and oxygen atoms in total. The van der Waals surface area contributed by atoms with Crippen molar-refractivity contribution in [1.29, 1.82) is 0 Å². The van der Waals surface area contributed by atoms with Gasteiger partial charge in [0.1, 0.15) is 25.6 Å². The van der Waals surface area contributed by atoms with Crippen molar-refractivity contribution in [1.82, 2.24) is 9.78 Å². The maximum absolute atomic E-state index is 13.0. The molecule has 0 fully saturated rings. The standard InChI is InChI=1S/C20H15FN2O7/c21-14-4-1-12(2-5-14)19-22-23(20(26)30-19)10-18(25)29-11-15(24)13-3-6-16-17(9-13)28-8-7-27-16/h1-6,9H,7-8,10-11H2. The second kappa shape index (κ2) is 8.19. The number of hydrogen-bond donors (Lipinski definition) is 0. The summed E-state index contributed by atoms with van der Waals surface area (Å²) >= 11 is 0. The highest BCUT2D eigenvalue weighted by atomic mass is 19.1. The highest BCUT2D eigenvalue weighted by Crippen LogP contribution is 2.30. The highest BCUT2D eigenvalue weighted by Gasteiger charge is 2.18. The van der Waals surface area contributed by atoms with Crippen LogP contribution in [0.1, 0.15) is 10.4 Å². The van der Waals surface area contributed by atoms with Gasteiger partial charge in [0.15, 0.2) is 23.9 Å². The number of nitrogens with zero attached hydrogens (tertiary/aromatic N) is 2. The van der Waals surface area contributed by atoms with E-state index in [4.69, 9.17) is 18.6 Å². The highest BCUT2D eigenvalue weighted by molar-refractivity contribution is 5.98. The van der Waals surface area contributed by atoms with Crippen molar-refractivity contribution in [2.75, 3.05) is 19.8 Å². The van der Waals surface area contributed by atoms with Crippen LogP contribution in [-0.2, 0) is 16.1 Å². The molecule has 0 amide bonds. The third kappa shape index (κ3) is 4.22. The van der Waals surface area contributed by atoms with Crippen molar-refractivity contribution in [3.8, 4) is 23.0 Å². The fourth-order valence-corrected chi connectivity index (χ4v) is 2.73. The largest absolute Gasteiger partial charge is 0.486 e. The molecule has 2 heterocycles. The molecular formula is C20H15FN2O7. The summed E-state index contributed by atoms with van der Waals surface area (Å²) in [6.07, 6.45) is 0. The number of esters is 1. The van der Waals surface area contributed by atoms with Gasteiger partial charge in [-0.2, -0.15) is 4.68 Å². The van der Waals surface area contributed by atoms with Crippen molar-refractivity contribution >= 4 is 11.8 Å². The van der Waals surface area contributed by atoms with Gasteiger partial charge in [0.05, 0.1) is 0 Å². The molecule has 1 aliphatic heterocycles. The molecule has 0 bridgehead atoms. The van der Waals surface area contributed by atoms with E-state index in [0.29, 0.717) is 35.8 Å². The van der Waals surface area contributed by atoms with Gasteiger partial charge >= 0.3 is 11.7 Å². The van der Waals surface area contributed by atoms with E-state index < -0.39 is 36.5 Å². The number of fused-ring (bicyclic) bond motifs is 1. The fourth-order valence-electron chi connectivity index (χ4n) is 2.73. The Labute approximate surface area is 168 Å². The molecule has 0 N–H and O–H groups in total. The van der Waals surface area contributed by atoms with Gasteiger partial charge in [-0.1, -0.05) is 0 Å². The minimum Gasteiger partial charge on any atom is -0.486 e. The molecule has 1 aliphatic rings. The Morgan fingerprint density at radius 2 is 1.80 bits per heavy atom. The van der Waals surface area contributed by atoms with Crippen LogP contribution in [0.15, 0.2) is 51.7 Å². The zero-order valence-corrected chi connectivity index (χ0v) is 15.5. The number of ether oxygens (including phenoxy) is 3. The van der Waals surface area contributed by atoms with Crippen LogP contribution < -0.4 is 15.2 Å². The van der Waals surface area contributed by atoms with E-state index in [0.717, 1.165) is 4.68 Å². The maximum Gasteiger partial charge on any atom is 0.437 e. The van der Waals surface area contributed by atoms with Gasteiger partial charge in [-0.3, -0.25) is 9.59 Å². The second-order valence-corrected chi connectivity index (χ2v) is 6.28. The van der Waals surface area contributed by atoms with Gasteiger partial charge < -0.3 is 18.6 Å². The minimum atomic E-state index is -0.885. The van der Waals surface area contributed by atoms with Gasteiger partial charge in [0.25, 0.3) is 0 Å². The summed E-state index contributed by atoms with van der Waals surface area (Å²) < 4.78 is 34.5. The third-order valence-electron chi connectivity index (χ3n) is 4.20. The predicted molar refractivity (Wildman–Crippen MR) is 98.9 cm³/mol. The SMILES string of the molecule is O=C(Cn1nc(-c2ccc(F)cc2)oc1=O)OCC(=O)c1ccc2c(c1)OCCO2. The molecular weight excluding hydrogens is 399 g/mol. The Hall–Kier alpha value is -3.95. The molecule has 0 atom stereocenters. The monoisotopic (exact) mass is 414 g/mol. The summed E-state index contributed by atoms with van der Waals surface area (Å²) in [5.74, 6) is -1.71. The quantitative estimate of drug-likeness (QED) is 0.444. The van der Waals surface area contributed by atoms with E-state index >= 15 is 0 Å². The first-order chi connectivity index (χ1) is 14.5. The lowest BCUT2D eigenvalue weighted by Crippen LogP contribution is -2.24. The van der Waals surface area contributed by atoms with Crippen LogP contribution in [0.5, 0.6) is 11.5 Å². The third-order valence-corrected chi connectivity index (χ3v) is 4.20. The number of carbonyl (C=O) groups is 2. The number of benzene rings is 2. The molecule has 1 aromatic heterocycles. The lowest BCUT2D eigenvalue weighted by Gasteiger charge is -2.18. The van der Waals surface area contributed by atoms with Crippen molar-refractivity contribution < 1.29 is 32.6 Å². The van der Waals surface area contributed by atoms with Gasteiger partial charge in [-0.05, 0) is 42.5 Å². The number of ketones is 1. The Bertz CT molecular complexity index is 1150. The van der Waals surface area contributed by atoms with Gasteiger partial charge in [-0.15, -0.1) is 5.10 Å². The summed E-state index contributed by atoms with van der Waals surface area (Å²) in [5, 5.41) is 3.88. The van der Waals surface area contributed by atoms with Crippen molar-refractivity contribution in [3.05, 3.63) is 64.4 Å². The normalized spacial score (nSPS) is 12.4. The second-order valence-electron chi connectivity index (χ2n) is 6.28. The molecule has 3 aromatic rings. The van der Waals surface area contributed by atoms with Crippen LogP contribution in [0, 0.1) is 5.82 Å². The molecule has 0 saturated heterocycles. The Kier molecular flexibility index (Phi) is 5.29. The Morgan fingerprint density at radius 1 is 1.07 bits per heavy atom. The van der Waals surface area contributed by atoms with Crippen LogP contribution >= 0.6 is 0 Å². The summed E-state index contributed by atoms with van der Waals surface area (Å²) in [4.78, 5) is 36.1. The van der Waals surface area contributed by atoms with Crippen LogP contribution in [0.3, 0.4) is 0 Å². The lowest BCUT2D eigenvalue weighted by atomic mass is 10.1. The van der Waals surface area contributed by atoms with Gasteiger partial charge in [-0.25, -0.2) is 9.18 Å². The fraction of sp³-hybridized carbons (Fsp3) is 0.200. The van der Waals surface area contributed by atoms with E-state index in [2.05, 4.69) is 5.10 Å². The zero-order valence-electron chi connectivity index (χ0n) is 15.5. The first-order valence-corrected chi connectivity index (χ1v) is 8.92. The molecule has 0 spiro atoms. The summed E-state index contributed by atoms with van der Waals surface area (Å²) in [5.41, 5.74) is 0.665. The lowest BCUT2D eigenvalue weighted by molar-refractivity contribution is -0.143. The van der Waals surface area contributed by atoms with E-state index in [-0.39, 0.29) is 5.89 Å². The van der Waals surface area contributed by atoms with Crippen LogP contribution in [0.4, 0.5) is 4.39 Å². The summed E-state index contributed by atoms with van der Waals surface area (Å²) in [7, 11) is 0. The smallest absolute Gasteiger partial charge is 0.437 e. The average Bonchev–Trinajstić information content (AvgIpc) is 3.12. The summed E-state index contributed by atoms with van der Waals surface area (Å²) in [6.45, 7) is -0.248. The number of Topliss-reactive ketones (excluding diaryl/α,β-unsaturated/α-hetero) is 1. The van der Waals surface area contributed by atoms with E-state index in [1.54, 1.807) is 12.1 Å². The predicted octanol–water partition coefficient (Wildman–Crippen LogP) is 1.84. The first kappa shape index (κ1) is 19.4. The van der Waals surface area contributed by atoms with Crippen molar-refractivity contribution in [2.24, 2.45) is 0 Å². The van der Waals surface area contributed by atoms with Gasteiger partial charge in [0, 0.05) is 11.1 Å². The topological polar surface area (TPSA) is 110 Å². The number of halogens is 1. The van der Waals surface area contributed by atoms with Crippen molar-refractivity contribution in [3.63, 3.8) is 0 Å². The van der Waals surface area contributed by atoms with E-state index in [9.17, 15) is 18.8 Å². The van der Waals surface area contributed by atoms with E-state index in [1.165, 1.54) is 30.3 Å². The summed E-state index contributed by atoms with van der Waals surface area (Å²) in [6, 6.07) is 9.81. The van der Waals surface area contributed by atoms with Crippen LogP contribution in [-0.4, -0.2) is 41.4 Å². The molecule has 4 rings (SSSR count). The number of carbonyl (C=O) groups excluding carboxylic acids is 2. The average molecular weight is 414 g/mol. The molecule has 0 saturated carbocycles. The Balaban J connectivity index is 1.36. The molecule has 0 unspecified atom stereocenters. The number of aromatic nitrogens is 2. The number of hydrogen-bond acceptors (Lipinski definition) is 8. The Morgan fingerprint density at radius 3 is 2.57 bits per heavy atom.